The summed E-state index contributed by atoms with van der Waals surface area (Å²) in [5, 5.41) is 2.67. The Morgan fingerprint density at radius 2 is 1.80 bits per heavy atom. The van der Waals surface area contributed by atoms with E-state index in [-0.39, 0.29) is 28.8 Å². The fourth-order valence-electron chi connectivity index (χ4n) is 2.69. The first kappa shape index (κ1) is 21.5. The smallest absolute Gasteiger partial charge is 0.291 e. The minimum Gasteiger partial charge on any atom is -0.454 e. The van der Waals surface area contributed by atoms with Gasteiger partial charge in [-0.3, -0.25) is 9.59 Å². The zero-order chi connectivity index (χ0) is 21.9. The summed E-state index contributed by atoms with van der Waals surface area (Å²) in [6.07, 6.45) is 1.64. The highest BCUT2D eigenvalue weighted by atomic mass is 32.2. The summed E-state index contributed by atoms with van der Waals surface area (Å²) in [4.78, 5) is 24.3. The van der Waals surface area contributed by atoms with Crippen LogP contribution >= 0.6 is 0 Å². The molecule has 0 aliphatic heterocycles. The van der Waals surface area contributed by atoms with Crippen molar-refractivity contribution in [2.24, 2.45) is 0 Å². The highest BCUT2D eigenvalue weighted by molar-refractivity contribution is 7.89. The van der Waals surface area contributed by atoms with Crippen LogP contribution in [0, 0.1) is 0 Å². The van der Waals surface area contributed by atoms with Crippen molar-refractivity contribution in [3.8, 4) is 0 Å². The lowest BCUT2D eigenvalue weighted by molar-refractivity contribution is 0.0994. The third-order valence-corrected chi connectivity index (χ3v) is 6.67. The van der Waals surface area contributed by atoms with Crippen LogP contribution in [0.3, 0.4) is 0 Å². The lowest BCUT2D eigenvalue weighted by Crippen LogP contribution is -2.33. The van der Waals surface area contributed by atoms with E-state index in [1.165, 1.54) is 52.3 Å². The van der Waals surface area contributed by atoms with Gasteiger partial charge in [-0.25, -0.2) is 8.42 Å². The van der Waals surface area contributed by atoms with E-state index in [1.54, 1.807) is 38.2 Å². The van der Waals surface area contributed by atoms with Crippen LogP contribution in [-0.4, -0.2) is 36.3 Å². The van der Waals surface area contributed by atoms with Crippen LogP contribution in [0.2, 0.25) is 0 Å². The standard InChI is InChI=1S/C21H23N3O5S/c1-15(2)23(3)30(27,28)18-10-7-16(8-11-18)22-21(26)19-12-9-17(29-19)14-24-13-5-4-6-20(24)25/h4-13,15H,14H2,1-3H3,(H,22,26). The predicted octanol–water partition coefficient (Wildman–Crippen LogP) is 2.77. The van der Waals surface area contributed by atoms with Gasteiger partial charge in [0.2, 0.25) is 10.0 Å². The number of anilines is 1. The van der Waals surface area contributed by atoms with Crippen molar-refractivity contribution < 1.29 is 17.6 Å². The van der Waals surface area contributed by atoms with Gasteiger partial charge >= 0.3 is 0 Å². The van der Waals surface area contributed by atoms with E-state index < -0.39 is 15.9 Å². The number of rotatable bonds is 7. The second kappa shape index (κ2) is 8.68. The topological polar surface area (TPSA) is 102 Å². The summed E-state index contributed by atoms with van der Waals surface area (Å²) in [5.41, 5.74) is 0.265. The van der Waals surface area contributed by atoms with Crippen molar-refractivity contribution >= 4 is 21.6 Å². The number of benzene rings is 1. The third-order valence-electron chi connectivity index (χ3n) is 4.63. The van der Waals surface area contributed by atoms with Crippen LogP contribution in [-0.2, 0) is 16.6 Å². The lowest BCUT2D eigenvalue weighted by atomic mass is 10.3. The molecule has 0 bridgehead atoms. The van der Waals surface area contributed by atoms with Gasteiger partial charge in [0.25, 0.3) is 11.5 Å². The maximum Gasteiger partial charge on any atom is 0.291 e. The van der Waals surface area contributed by atoms with E-state index in [0.717, 1.165) is 0 Å². The van der Waals surface area contributed by atoms with E-state index >= 15 is 0 Å². The number of carbonyl (C=O) groups excluding carboxylic acids is 1. The van der Waals surface area contributed by atoms with Gasteiger partial charge in [-0.1, -0.05) is 6.07 Å². The molecule has 0 fully saturated rings. The zero-order valence-electron chi connectivity index (χ0n) is 16.9. The monoisotopic (exact) mass is 429 g/mol. The molecule has 8 nitrogen and oxygen atoms in total. The van der Waals surface area contributed by atoms with Gasteiger partial charge in [-0.2, -0.15) is 4.31 Å². The van der Waals surface area contributed by atoms with Crippen LogP contribution < -0.4 is 10.9 Å². The average Bonchev–Trinajstić information content (AvgIpc) is 3.18. The SMILES string of the molecule is CC(C)N(C)S(=O)(=O)c1ccc(NC(=O)c2ccc(Cn3ccccc3=O)o2)cc1. The Morgan fingerprint density at radius 3 is 2.43 bits per heavy atom. The molecule has 30 heavy (non-hydrogen) atoms. The minimum absolute atomic E-state index is 0.0882. The summed E-state index contributed by atoms with van der Waals surface area (Å²) in [5.74, 6) is 0.0772. The molecule has 0 aliphatic rings. The molecular formula is C21H23N3O5S. The molecule has 0 spiro atoms. The van der Waals surface area contributed by atoms with E-state index in [9.17, 15) is 18.0 Å². The Balaban J connectivity index is 1.69. The van der Waals surface area contributed by atoms with Crippen LogP contribution in [0.4, 0.5) is 5.69 Å². The van der Waals surface area contributed by atoms with E-state index in [4.69, 9.17) is 4.42 Å². The van der Waals surface area contributed by atoms with Crippen LogP contribution in [0.25, 0.3) is 0 Å². The molecule has 0 saturated carbocycles. The van der Waals surface area contributed by atoms with Gasteiger partial charge in [-0.05, 0) is 56.3 Å². The van der Waals surface area contributed by atoms with Gasteiger partial charge in [0.15, 0.2) is 5.76 Å². The molecule has 1 aromatic carbocycles. The Morgan fingerprint density at radius 1 is 1.10 bits per heavy atom. The minimum atomic E-state index is -3.59. The van der Waals surface area contributed by atoms with Gasteiger partial charge in [0.05, 0.1) is 11.4 Å². The number of hydrogen-bond acceptors (Lipinski definition) is 5. The Labute approximate surface area is 174 Å². The lowest BCUT2D eigenvalue weighted by Gasteiger charge is -2.21. The molecule has 0 radical (unpaired) electrons. The molecule has 2 aromatic heterocycles. The van der Waals surface area contributed by atoms with Crippen molar-refractivity contribution in [3.63, 3.8) is 0 Å². The molecule has 2 heterocycles. The van der Waals surface area contributed by atoms with Crippen molar-refractivity contribution in [1.29, 1.82) is 0 Å². The third kappa shape index (κ3) is 4.69. The largest absolute Gasteiger partial charge is 0.454 e. The summed E-state index contributed by atoms with van der Waals surface area (Å²) in [6.45, 7) is 3.79. The number of pyridine rings is 1. The molecule has 3 rings (SSSR count). The first-order chi connectivity index (χ1) is 14.2. The molecular weight excluding hydrogens is 406 g/mol. The first-order valence-electron chi connectivity index (χ1n) is 9.32. The number of carbonyl (C=O) groups is 1. The summed E-state index contributed by atoms with van der Waals surface area (Å²) in [6, 6.07) is 13.7. The maximum atomic E-state index is 12.5. The molecule has 3 aromatic rings. The summed E-state index contributed by atoms with van der Waals surface area (Å²) >= 11 is 0. The second-order valence-electron chi connectivity index (χ2n) is 7.03. The molecule has 0 unspecified atom stereocenters. The molecule has 1 amide bonds. The molecule has 158 valence electrons. The summed E-state index contributed by atoms with van der Waals surface area (Å²) in [7, 11) is -2.07. The first-order valence-corrected chi connectivity index (χ1v) is 10.8. The number of sulfonamides is 1. The van der Waals surface area contributed by atoms with Gasteiger partial charge in [0, 0.05) is 31.0 Å². The van der Waals surface area contributed by atoms with Crippen LogP contribution in [0.1, 0.15) is 30.2 Å². The molecule has 0 saturated heterocycles. The Kier molecular flexibility index (Phi) is 6.23. The number of aromatic nitrogens is 1. The Hall–Kier alpha value is -3.17. The second-order valence-corrected chi connectivity index (χ2v) is 9.02. The van der Waals surface area contributed by atoms with Crippen LogP contribution in [0.15, 0.2) is 74.9 Å². The van der Waals surface area contributed by atoms with Gasteiger partial charge in [0.1, 0.15) is 5.76 Å². The molecule has 1 N–H and O–H groups in total. The highest BCUT2D eigenvalue weighted by Gasteiger charge is 2.23. The van der Waals surface area contributed by atoms with Crippen LogP contribution in [0.5, 0.6) is 0 Å². The summed E-state index contributed by atoms with van der Waals surface area (Å²) < 4.78 is 33.3. The fraction of sp³-hybridized carbons (Fsp3) is 0.238. The predicted molar refractivity (Wildman–Crippen MR) is 113 cm³/mol. The maximum absolute atomic E-state index is 12.5. The van der Waals surface area contributed by atoms with Gasteiger partial charge in [-0.15, -0.1) is 0 Å². The van der Waals surface area contributed by atoms with Crippen molar-refractivity contribution in [3.05, 3.63) is 82.7 Å². The average molecular weight is 429 g/mol. The van der Waals surface area contributed by atoms with Crippen molar-refractivity contribution in [2.75, 3.05) is 12.4 Å². The zero-order valence-corrected chi connectivity index (χ0v) is 17.7. The van der Waals surface area contributed by atoms with Crippen molar-refractivity contribution in [1.82, 2.24) is 8.87 Å². The Bertz CT molecular complexity index is 1190. The highest BCUT2D eigenvalue weighted by Crippen LogP contribution is 2.20. The fourth-order valence-corrected chi connectivity index (χ4v) is 4.06. The quantitative estimate of drug-likeness (QED) is 0.622. The number of nitrogens with one attached hydrogen (secondary N) is 1. The molecule has 9 heteroatoms. The number of furan rings is 1. The van der Waals surface area contributed by atoms with E-state index in [1.807, 2.05) is 0 Å². The van der Waals surface area contributed by atoms with Crippen molar-refractivity contribution in [2.45, 2.75) is 31.3 Å². The molecule has 0 atom stereocenters. The van der Waals surface area contributed by atoms with Gasteiger partial charge < -0.3 is 14.3 Å². The molecule has 0 aliphatic carbocycles. The normalized spacial score (nSPS) is 11.8. The van der Waals surface area contributed by atoms with E-state index in [0.29, 0.717) is 11.4 Å². The van der Waals surface area contributed by atoms with E-state index in [2.05, 4.69) is 5.32 Å². The number of nitrogens with zero attached hydrogens (tertiary/aromatic N) is 2. The number of amides is 1. The number of hydrogen-bond donors (Lipinski definition) is 1.